The maximum absolute atomic E-state index is 13.2. The van der Waals surface area contributed by atoms with Gasteiger partial charge in [0.2, 0.25) is 0 Å². The third-order valence-corrected chi connectivity index (χ3v) is 5.38. The summed E-state index contributed by atoms with van der Waals surface area (Å²) in [4.78, 5) is 3.49. The molecule has 0 amide bonds. The van der Waals surface area contributed by atoms with Gasteiger partial charge in [0.1, 0.15) is 11.7 Å². The lowest BCUT2D eigenvalue weighted by Crippen LogP contribution is -3.06. The molecule has 5 nitrogen and oxygen atoms in total. The van der Waals surface area contributed by atoms with Gasteiger partial charge in [-0.05, 0) is 17.9 Å². The van der Waals surface area contributed by atoms with Crippen LogP contribution in [-0.2, 0) is 0 Å². The Bertz CT molecular complexity index is 876. The highest BCUT2D eigenvalue weighted by atomic mass is 16.5. The van der Waals surface area contributed by atoms with Crippen molar-refractivity contribution in [1.29, 1.82) is 0 Å². The van der Waals surface area contributed by atoms with Gasteiger partial charge in [-0.15, -0.1) is 0 Å². The van der Waals surface area contributed by atoms with Crippen molar-refractivity contribution in [3.05, 3.63) is 46.4 Å². The fourth-order valence-electron chi connectivity index (χ4n) is 4.39. The Morgan fingerprint density at radius 3 is 2.79 bits per heavy atom. The molecule has 24 heavy (non-hydrogen) atoms. The van der Waals surface area contributed by atoms with E-state index < -0.39 is 0 Å². The van der Waals surface area contributed by atoms with E-state index in [1.807, 2.05) is 18.2 Å². The lowest BCUT2D eigenvalue weighted by Gasteiger charge is -2.43. The van der Waals surface area contributed by atoms with Crippen molar-refractivity contribution in [2.75, 3.05) is 0 Å². The van der Waals surface area contributed by atoms with Gasteiger partial charge in [-0.1, -0.05) is 44.1 Å². The van der Waals surface area contributed by atoms with Crippen LogP contribution in [0, 0.1) is 10.6 Å². The average Bonchev–Trinajstić information content (AvgIpc) is 2.93. The van der Waals surface area contributed by atoms with Gasteiger partial charge in [-0.3, -0.25) is 0 Å². The smallest absolute Gasteiger partial charge is 0.120 e. The third-order valence-electron chi connectivity index (χ3n) is 5.38. The summed E-state index contributed by atoms with van der Waals surface area (Å²) in [5, 5.41) is 27.7. The molecular weight excluding hydrogens is 302 g/mol. The van der Waals surface area contributed by atoms with Crippen LogP contribution in [0.15, 0.2) is 35.1 Å². The van der Waals surface area contributed by atoms with Gasteiger partial charge in [-0.2, -0.15) is 0 Å². The van der Waals surface area contributed by atoms with Gasteiger partial charge < -0.3 is 20.5 Å². The quantitative estimate of drug-likeness (QED) is 0.427. The molecular formula is C19H23N3O2. The molecule has 1 aliphatic heterocycles. The second-order valence-corrected chi connectivity index (χ2v) is 7.70. The number of benzene rings is 1. The highest BCUT2D eigenvalue weighted by Crippen LogP contribution is 2.44. The molecule has 2 aromatic rings. The van der Waals surface area contributed by atoms with E-state index >= 15 is 0 Å². The number of hydrogen-bond donors (Lipinski definition) is 3. The number of fused-ring (bicyclic) bond motifs is 4. The molecule has 2 unspecified atom stereocenters. The SMILES string of the molecule is CCC1c2c([nH]c3ccccc23)C2=C(CC(C)(C)CC2=NO)[NH+]1[O-]. The van der Waals surface area contributed by atoms with Crippen LogP contribution in [0.4, 0.5) is 0 Å². The minimum Gasteiger partial charge on any atom is -0.629 e. The Labute approximate surface area is 141 Å². The van der Waals surface area contributed by atoms with E-state index in [2.05, 4.69) is 37.0 Å². The molecule has 0 radical (unpaired) electrons. The first-order chi connectivity index (χ1) is 11.5. The van der Waals surface area contributed by atoms with Gasteiger partial charge in [0.25, 0.3) is 0 Å². The highest BCUT2D eigenvalue weighted by Gasteiger charge is 2.43. The Hall–Kier alpha value is -2.11. The number of aromatic amines is 1. The van der Waals surface area contributed by atoms with Crippen molar-refractivity contribution in [2.24, 2.45) is 10.6 Å². The number of rotatable bonds is 1. The molecule has 4 rings (SSSR count). The Kier molecular flexibility index (Phi) is 3.34. The van der Waals surface area contributed by atoms with E-state index in [1.165, 1.54) is 0 Å². The largest absolute Gasteiger partial charge is 0.629 e. The lowest BCUT2D eigenvalue weighted by atomic mass is 9.72. The van der Waals surface area contributed by atoms with E-state index in [0.29, 0.717) is 12.1 Å². The Morgan fingerprint density at radius 1 is 1.33 bits per heavy atom. The van der Waals surface area contributed by atoms with Crippen molar-refractivity contribution >= 4 is 22.2 Å². The molecule has 1 aliphatic carbocycles. The second kappa shape index (κ2) is 5.19. The number of nitrogens with zero attached hydrogens (tertiary/aromatic N) is 1. The fraction of sp³-hybridized carbons (Fsp3) is 0.421. The molecule has 0 saturated carbocycles. The van der Waals surface area contributed by atoms with Gasteiger partial charge in [0, 0.05) is 29.3 Å². The number of aromatic nitrogens is 1. The molecule has 0 spiro atoms. The van der Waals surface area contributed by atoms with Crippen molar-refractivity contribution in [1.82, 2.24) is 4.98 Å². The van der Waals surface area contributed by atoms with E-state index in [1.54, 1.807) is 0 Å². The van der Waals surface area contributed by atoms with Crippen LogP contribution in [-0.4, -0.2) is 15.9 Å². The number of hydroxylamine groups is 2. The molecule has 2 aliphatic rings. The first-order valence-corrected chi connectivity index (χ1v) is 8.56. The summed E-state index contributed by atoms with van der Waals surface area (Å²) < 4.78 is 0. The summed E-state index contributed by atoms with van der Waals surface area (Å²) in [7, 11) is 0. The molecule has 1 aromatic carbocycles. The number of hydrogen-bond acceptors (Lipinski definition) is 3. The summed E-state index contributed by atoms with van der Waals surface area (Å²) in [6.07, 6.45) is 2.17. The van der Waals surface area contributed by atoms with Crippen LogP contribution in [0.1, 0.15) is 57.3 Å². The van der Waals surface area contributed by atoms with E-state index in [4.69, 9.17) is 0 Å². The van der Waals surface area contributed by atoms with Crippen LogP contribution in [0.3, 0.4) is 0 Å². The number of oxime groups is 1. The maximum Gasteiger partial charge on any atom is 0.120 e. The summed E-state index contributed by atoms with van der Waals surface area (Å²) in [5.41, 5.74) is 5.28. The molecule has 0 fully saturated rings. The molecule has 126 valence electrons. The summed E-state index contributed by atoms with van der Waals surface area (Å²) >= 11 is 0. The Balaban J connectivity index is 2.05. The standard InChI is InChI=1S/C19H23N3O2/c1-4-14-16-11-7-5-6-8-12(11)20-18(16)17-13(21-23)9-19(2,3)10-15(17)22(14)24/h5-8,14,20,22-23H,4,9-10H2,1-3H3. The number of nitrogens with one attached hydrogen (secondary N) is 2. The molecule has 1 aromatic heterocycles. The lowest BCUT2D eigenvalue weighted by molar-refractivity contribution is -0.845. The molecule has 3 N–H and O–H groups in total. The van der Waals surface area contributed by atoms with Gasteiger partial charge >= 0.3 is 0 Å². The monoisotopic (exact) mass is 325 g/mol. The minimum absolute atomic E-state index is 0.0716. The van der Waals surface area contributed by atoms with Crippen LogP contribution in [0.25, 0.3) is 16.5 Å². The molecule has 5 heteroatoms. The normalized spacial score (nSPS) is 27.4. The molecule has 2 atom stereocenters. The van der Waals surface area contributed by atoms with Crippen molar-refractivity contribution in [3.8, 4) is 0 Å². The predicted molar refractivity (Wildman–Crippen MR) is 94.8 cm³/mol. The van der Waals surface area contributed by atoms with Gasteiger partial charge in [0.05, 0.1) is 17.0 Å². The zero-order valence-corrected chi connectivity index (χ0v) is 14.3. The number of H-pyrrole nitrogens is 1. The fourth-order valence-corrected chi connectivity index (χ4v) is 4.39. The predicted octanol–water partition coefficient (Wildman–Crippen LogP) is 3.38. The van der Waals surface area contributed by atoms with Crippen molar-refractivity contribution < 1.29 is 10.3 Å². The van der Waals surface area contributed by atoms with Crippen LogP contribution in [0.2, 0.25) is 0 Å². The van der Waals surface area contributed by atoms with Crippen LogP contribution >= 0.6 is 0 Å². The Morgan fingerprint density at radius 2 is 2.08 bits per heavy atom. The van der Waals surface area contributed by atoms with E-state index in [9.17, 15) is 10.4 Å². The minimum atomic E-state index is -0.122. The number of allylic oxidation sites excluding steroid dienone is 2. The van der Waals surface area contributed by atoms with E-state index in [0.717, 1.165) is 46.3 Å². The molecule has 0 saturated heterocycles. The van der Waals surface area contributed by atoms with Crippen LogP contribution in [0.5, 0.6) is 0 Å². The summed E-state index contributed by atoms with van der Waals surface area (Å²) in [5.74, 6) is 0. The second-order valence-electron chi connectivity index (χ2n) is 7.70. The average molecular weight is 325 g/mol. The van der Waals surface area contributed by atoms with Crippen LogP contribution < -0.4 is 5.06 Å². The molecule has 2 heterocycles. The number of quaternary nitrogens is 1. The zero-order valence-electron chi connectivity index (χ0n) is 14.3. The van der Waals surface area contributed by atoms with Crippen molar-refractivity contribution in [2.45, 2.75) is 46.1 Å². The van der Waals surface area contributed by atoms with Gasteiger partial charge in [0.15, 0.2) is 0 Å². The molecule has 0 bridgehead atoms. The topological polar surface area (TPSA) is 75.9 Å². The van der Waals surface area contributed by atoms with Gasteiger partial charge in [-0.25, -0.2) is 0 Å². The number of para-hydroxylation sites is 1. The highest BCUT2D eigenvalue weighted by molar-refractivity contribution is 6.26. The zero-order chi connectivity index (χ0) is 17.1. The first kappa shape index (κ1) is 15.4. The third kappa shape index (κ3) is 2.05. The van der Waals surface area contributed by atoms with E-state index in [-0.39, 0.29) is 16.5 Å². The maximum atomic E-state index is 13.2. The first-order valence-electron chi connectivity index (χ1n) is 8.56. The summed E-state index contributed by atoms with van der Waals surface area (Å²) in [6, 6.07) is 7.97. The van der Waals surface area contributed by atoms with Crippen molar-refractivity contribution in [3.63, 3.8) is 0 Å². The summed E-state index contributed by atoms with van der Waals surface area (Å²) in [6.45, 7) is 6.31.